The number of nitrogens with zero attached hydrogens (tertiary/aromatic N) is 1. The molecule has 3 nitrogen and oxygen atoms in total. The van der Waals surface area contributed by atoms with Crippen molar-refractivity contribution in [2.24, 2.45) is 5.73 Å². The SMILES string of the molecule is CCCCN(CCN)CCCCCO. The van der Waals surface area contributed by atoms with E-state index in [1.807, 2.05) is 0 Å². The minimum absolute atomic E-state index is 0.325. The number of unbranched alkanes of at least 4 members (excludes halogenated alkanes) is 3. The first-order valence-electron chi connectivity index (χ1n) is 5.88. The van der Waals surface area contributed by atoms with E-state index >= 15 is 0 Å². The largest absolute Gasteiger partial charge is 0.396 e. The highest BCUT2D eigenvalue weighted by molar-refractivity contribution is 4.58. The highest BCUT2D eigenvalue weighted by Gasteiger charge is 2.01. The van der Waals surface area contributed by atoms with Crippen LogP contribution in [0.1, 0.15) is 39.0 Å². The van der Waals surface area contributed by atoms with E-state index in [2.05, 4.69) is 11.8 Å². The highest BCUT2D eigenvalue weighted by Crippen LogP contribution is 2.00. The summed E-state index contributed by atoms with van der Waals surface area (Å²) >= 11 is 0. The van der Waals surface area contributed by atoms with Crippen LogP contribution in [0.5, 0.6) is 0 Å². The van der Waals surface area contributed by atoms with Crippen molar-refractivity contribution in [1.29, 1.82) is 0 Å². The summed E-state index contributed by atoms with van der Waals surface area (Å²) < 4.78 is 0. The first-order chi connectivity index (χ1) is 6.85. The van der Waals surface area contributed by atoms with Gasteiger partial charge in [0.1, 0.15) is 0 Å². The first kappa shape index (κ1) is 13.9. The second kappa shape index (κ2) is 11.0. The zero-order chi connectivity index (χ0) is 10.6. The van der Waals surface area contributed by atoms with Gasteiger partial charge in [-0.15, -0.1) is 0 Å². The molecular weight excluding hydrogens is 176 g/mol. The van der Waals surface area contributed by atoms with E-state index < -0.39 is 0 Å². The third-order valence-electron chi connectivity index (χ3n) is 2.41. The van der Waals surface area contributed by atoms with E-state index in [1.165, 1.54) is 25.8 Å². The molecule has 0 radical (unpaired) electrons. The molecule has 3 heteroatoms. The lowest BCUT2D eigenvalue weighted by atomic mass is 10.2. The van der Waals surface area contributed by atoms with Crippen molar-refractivity contribution in [3.8, 4) is 0 Å². The fraction of sp³-hybridized carbons (Fsp3) is 1.00. The zero-order valence-corrected chi connectivity index (χ0v) is 9.54. The maximum Gasteiger partial charge on any atom is 0.0431 e. The molecule has 0 saturated heterocycles. The van der Waals surface area contributed by atoms with Gasteiger partial charge in [0.15, 0.2) is 0 Å². The fourth-order valence-electron chi connectivity index (χ4n) is 1.52. The summed E-state index contributed by atoms with van der Waals surface area (Å²) in [6.45, 7) is 6.62. The van der Waals surface area contributed by atoms with E-state index in [-0.39, 0.29) is 0 Å². The van der Waals surface area contributed by atoms with Gasteiger partial charge < -0.3 is 15.7 Å². The van der Waals surface area contributed by atoms with Crippen molar-refractivity contribution >= 4 is 0 Å². The summed E-state index contributed by atoms with van der Waals surface area (Å²) in [6.07, 6.45) is 5.76. The van der Waals surface area contributed by atoms with Crippen LogP contribution in [0.2, 0.25) is 0 Å². The molecule has 0 fully saturated rings. The molecule has 0 aliphatic carbocycles. The summed E-state index contributed by atoms with van der Waals surface area (Å²) in [4.78, 5) is 2.43. The maximum absolute atomic E-state index is 8.64. The summed E-state index contributed by atoms with van der Waals surface area (Å²) in [7, 11) is 0. The molecule has 0 aromatic rings. The Bertz CT molecular complexity index is 109. The Hall–Kier alpha value is -0.120. The van der Waals surface area contributed by atoms with E-state index in [0.717, 1.165) is 32.5 Å². The average molecular weight is 202 g/mol. The number of nitrogens with two attached hydrogens (primary N) is 1. The van der Waals surface area contributed by atoms with Crippen molar-refractivity contribution in [3.05, 3.63) is 0 Å². The lowest BCUT2D eigenvalue weighted by Crippen LogP contribution is -2.31. The van der Waals surface area contributed by atoms with Gasteiger partial charge in [0.05, 0.1) is 0 Å². The van der Waals surface area contributed by atoms with E-state index in [4.69, 9.17) is 10.8 Å². The molecule has 3 N–H and O–H groups in total. The Balaban J connectivity index is 3.40. The van der Waals surface area contributed by atoms with Gasteiger partial charge in [-0.3, -0.25) is 0 Å². The Kier molecular flexibility index (Phi) is 10.9. The lowest BCUT2D eigenvalue weighted by Gasteiger charge is -2.20. The molecule has 0 amide bonds. The molecule has 0 aliphatic heterocycles. The van der Waals surface area contributed by atoms with Crippen molar-refractivity contribution < 1.29 is 5.11 Å². The highest BCUT2D eigenvalue weighted by atomic mass is 16.2. The van der Waals surface area contributed by atoms with Gasteiger partial charge in [-0.1, -0.05) is 13.3 Å². The molecule has 0 aromatic heterocycles. The number of aliphatic hydroxyl groups excluding tert-OH is 1. The standard InChI is InChI=1S/C11H26N2O/c1-2-3-8-13(10-7-12)9-5-4-6-11-14/h14H,2-12H2,1H3. The topological polar surface area (TPSA) is 49.5 Å². The number of hydrogen-bond acceptors (Lipinski definition) is 3. The summed E-state index contributed by atoms with van der Waals surface area (Å²) in [6, 6.07) is 0. The van der Waals surface area contributed by atoms with Crippen molar-refractivity contribution in [1.82, 2.24) is 4.90 Å². The van der Waals surface area contributed by atoms with Crippen LogP contribution in [0.15, 0.2) is 0 Å². The Morgan fingerprint density at radius 1 is 1.00 bits per heavy atom. The number of aliphatic hydroxyl groups is 1. The molecule has 0 bridgehead atoms. The van der Waals surface area contributed by atoms with Gasteiger partial charge in [0.25, 0.3) is 0 Å². The molecule has 0 aliphatic rings. The van der Waals surface area contributed by atoms with Gasteiger partial charge in [-0.25, -0.2) is 0 Å². The van der Waals surface area contributed by atoms with Crippen LogP contribution in [0.4, 0.5) is 0 Å². The van der Waals surface area contributed by atoms with E-state index in [1.54, 1.807) is 0 Å². The third-order valence-corrected chi connectivity index (χ3v) is 2.41. The molecule has 0 atom stereocenters. The molecule has 14 heavy (non-hydrogen) atoms. The van der Waals surface area contributed by atoms with Crippen LogP contribution in [0.3, 0.4) is 0 Å². The van der Waals surface area contributed by atoms with Crippen molar-refractivity contribution in [3.63, 3.8) is 0 Å². The number of rotatable bonds is 10. The van der Waals surface area contributed by atoms with Crippen LogP contribution in [-0.4, -0.2) is 42.8 Å². The molecule has 0 saturated carbocycles. The van der Waals surface area contributed by atoms with Gasteiger partial charge in [0, 0.05) is 19.7 Å². The minimum Gasteiger partial charge on any atom is -0.396 e. The lowest BCUT2D eigenvalue weighted by molar-refractivity contribution is 0.254. The average Bonchev–Trinajstić information content (AvgIpc) is 2.20. The zero-order valence-electron chi connectivity index (χ0n) is 9.54. The van der Waals surface area contributed by atoms with Crippen molar-refractivity contribution in [2.75, 3.05) is 32.8 Å². The predicted molar refractivity (Wildman–Crippen MR) is 61.3 cm³/mol. The molecule has 0 aromatic carbocycles. The van der Waals surface area contributed by atoms with Gasteiger partial charge in [-0.05, 0) is 38.8 Å². The second-order valence-electron chi connectivity index (χ2n) is 3.77. The van der Waals surface area contributed by atoms with Crippen LogP contribution >= 0.6 is 0 Å². The summed E-state index contributed by atoms with van der Waals surface area (Å²) in [5.74, 6) is 0. The Labute approximate surface area is 88.3 Å². The molecule has 0 rings (SSSR count). The summed E-state index contributed by atoms with van der Waals surface area (Å²) in [5, 5.41) is 8.64. The Morgan fingerprint density at radius 3 is 2.29 bits per heavy atom. The van der Waals surface area contributed by atoms with Gasteiger partial charge in [-0.2, -0.15) is 0 Å². The second-order valence-corrected chi connectivity index (χ2v) is 3.77. The van der Waals surface area contributed by atoms with Crippen LogP contribution in [0, 0.1) is 0 Å². The maximum atomic E-state index is 8.64. The summed E-state index contributed by atoms with van der Waals surface area (Å²) in [5.41, 5.74) is 5.55. The molecule has 86 valence electrons. The normalized spacial score (nSPS) is 11.1. The predicted octanol–water partition coefficient (Wildman–Crippen LogP) is 1.21. The van der Waals surface area contributed by atoms with Crippen molar-refractivity contribution in [2.45, 2.75) is 39.0 Å². The minimum atomic E-state index is 0.325. The van der Waals surface area contributed by atoms with Crippen LogP contribution in [0.25, 0.3) is 0 Å². The third kappa shape index (κ3) is 8.48. The molecule has 0 spiro atoms. The smallest absolute Gasteiger partial charge is 0.0431 e. The monoisotopic (exact) mass is 202 g/mol. The van der Waals surface area contributed by atoms with E-state index in [0.29, 0.717) is 6.61 Å². The quantitative estimate of drug-likeness (QED) is 0.524. The first-order valence-corrected chi connectivity index (χ1v) is 5.88. The van der Waals surface area contributed by atoms with Crippen LogP contribution < -0.4 is 5.73 Å². The molecule has 0 unspecified atom stereocenters. The van der Waals surface area contributed by atoms with Crippen LogP contribution in [-0.2, 0) is 0 Å². The fourth-order valence-corrected chi connectivity index (χ4v) is 1.52. The molecule has 0 heterocycles. The van der Waals surface area contributed by atoms with E-state index in [9.17, 15) is 0 Å². The Morgan fingerprint density at radius 2 is 1.71 bits per heavy atom. The van der Waals surface area contributed by atoms with Gasteiger partial charge in [0.2, 0.25) is 0 Å². The number of hydrogen-bond donors (Lipinski definition) is 2. The van der Waals surface area contributed by atoms with Gasteiger partial charge >= 0.3 is 0 Å². The molecular formula is C11H26N2O.